The largest absolute Gasteiger partial charge is 0.489 e. The summed E-state index contributed by atoms with van der Waals surface area (Å²) in [6.45, 7) is 2.08. The molecule has 0 radical (unpaired) electrons. The number of hydrogen-bond acceptors (Lipinski definition) is 4. The summed E-state index contributed by atoms with van der Waals surface area (Å²) < 4.78 is 19.8. The Bertz CT molecular complexity index is 642. The second kappa shape index (κ2) is 6.58. The predicted molar refractivity (Wildman–Crippen MR) is 83.6 cm³/mol. The predicted octanol–water partition coefficient (Wildman–Crippen LogP) is 3.41. The Morgan fingerprint density at radius 1 is 1.23 bits per heavy atom. The summed E-state index contributed by atoms with van der Waals surface area (Å²) in [4.78, 5) is 10.4. The number of ether oxygens (including phenoxy) is 1. The van der Waals surface area contributed by atoms with E-state index >= 15 is 0 Å². The van der Waals surface area contributed by atoms with Gasteiger partial charge in [0.15, 0.2) is 0 Å². The molecule has 0 aromatic carbocycles. The first kappa shape index (κ1) is 15.2. The average molecular weight is 322 g/mol. The van der Waals surface area contributed by atoms with Gasteiger partial charge in [0.2, 0.25) is 0 Å². The van der Waals surface area contributed by atoms with Crippen molar-refractivity contribution in [1.82, 2.24) is 14.9 Å². The Kier molecular flexibility index (Phi) is 4.55. The van der Waals surface area contributed by atoms with Crippen molar-refractivity contribution in [3.05, 3.63) is 41.6 Å². The topological polar surface area (TPSA) is 38.2 Å². The molecule has 22 heavy (non-hydrogen) atoms. The van der Waals surface area contributed by atoms with Gasteiger partial charge < -0.3 is 9.64 Å². The van der Waals surface area contributed by atoms with Crippen molar-refractivity contribution in [2.75, 3.05) is 20.1 Å². The van der Waals surface area contributed by atoms with E-state index in [1.54, 1.807) is 12.3 Å². The summed E-state index contributed by atoms with van der Waals surface area (Å²) in [6.07, 6.45) is 5.25. The molecule has 116 valence electrons. The molecule has 4 nitrogen and oxygen atoms in total. The smallest absolute Gasteiger partial charge is 0.138 e. The highest BCUT2D eigenvalue weighted by atomic mass is 35.5. The molecule has 2 aromatic rings. The van der Waals surface area contributed by atoms with Gasteiger partial charge in [0.1, 0.15) is 22.8 Å². The summed E-state index contributed by atoms with van der Waals surface area (Å²) in [7, 11) is 2.11. The van der Waals surface area contributed by atoms with Crippen molar-refractivity contribution in [3.8, 4) is 17.0 Å². The van der Waals surface area contributed by atoms with Crippen LogP contribution < -0.4 is 4.74 Å². The number of rotatable bonds is 3. The molecule has 0 unspecified atom stereocenters. The molecule has 0 N–H and O–H groups in total. The van der Waals surface area contributed by atoms with Crippen molar-refractivity contribution < 1.29 is 9.13 Å². The van der Waals surface area contributed by atoms with E-state index in [0.29, 0.717) is 17.0 Å². The third-order valence-corrected chi connectivity index (χ3v) is 4.01. The molecule has 0 saturated carbocycles. The molecule has 0 atom stereocenters. The summed E-state index contributed by atoms with van der Waals surface area (Å²) in [6, 6.07) is 4.73. The van der Waals surface area contributed by atoms with Crippen LogP contribution in [0.5, 0.6) is 5.75 Å². The maximum Gasteiger partial charge on any atom is 0.138 e. The number of hydrogen-bond donors (Lipinski definition) is 0. The minimum atomic E-state index is -0.434. The van der Waals surface area contributed by atoms with Gasteiger partial charge in [-0.3, -0.25) is 4.98 Å². The van der Waals surface area contributed by atoms with Crippen LogP contribution in [0.2, 0.25) is 5.15 Å². The molecule has 1 aliphatic rings. The SMILES string of the molecule is CN1CCC(Oc2ccc(-c3cnc(Cl)cc3F)nc2)CC1. The molecule has 3 rings (SSSR count). The highest BCUT2D eigenvalue weighted by Crippen LogP contribution is 2.24. The van der Waals surface area contributed by atoms with Gasteiger partial charge in [-0.2, -0.15) is 0 Å². The Hall–Kier alpha value is -1.72. The Labute approximate surface area is 133 Å². The third-order valence-electron chi connectivity index (χ3n) is 3.80. The van der Waals surface area contributed by atoms with Gasteiger partial charge in [-0.15, -0.1) is 0 Å². The van der Waals surface area contributed by atoms with Crippen LogP contribution in [-0.4, -0.2) is 41.1 Å². The molecule has 6 heteroatoms. The van der Waals surface area contributed by atoms with Gasteiger partial charge in [0.05, 0.1) is 17.5 Å². The number of pyridine rings is 2. The van der Waals surface area contributed by atoms with E-state index in [0.717, 1.165) is 25.9 Å². The number of nitrogens with zero attached hydrogens (tertiary/aromatic N) is 3. The lowest BCUT2D eigenvalue weighted by molar-refractivity contribution is 0.114. The molecular weight excluding hydrogens is 305 g/mol. The van der Waals surface area contributed by atoms with Crippen molar-refractivity contribution in [3.63, 3.8) is 0 Å². The average Bonchev–Trinajstić information content (AvgIpc) is 2.51. The molecule has 1 fully saturated rings. The Morgan fingerprint density at radius 3 is 2.64 bits per heavy atom. The molecule has 0 aliphatic carbocycles. The standard InChI is InChI=1S/C16H17ClFN3O/c1-21-6-4-11(5-7-21)22-12-2-3-15(19-9-12)13-10-20-16(17)8-14(13)18/h2-3,8-11H,4-7H2,1H3. The quantitative estimate of drug-likeness (QED) is 0.812. The first-order chi connectivity index (χ1) is 10.6. The molecule has 2 aromatic heterocycles. The lowest BCUT2D eigenvalue weighted by Gasteiger charge is -2.29. The van der Waals surface area contributed by atoms with Crippen LogP contribution in [0.3, 0.4) is 0 Å². The second-order valence-corrected chi connectivity index (χ2v) is 5.87. The fourth-order valence-electron chi connectivity index (χ4n) is 2.50. The van der Waals surface area contributed by atoms with Crippen molar-refractivity contribution in [2.24, 2.45) is 0 Å². The molecule has 0 amide bonds. The second-order valence-electron chi connectivity index (χ2n) is 5.49. The van der Waals surface area contributed by atoms with Crippen LogP contribution in [0, 0.1) is 5.82 Å². The highest BCUT2D eigenvalue weighted by Gasteiger charge is 2.18. The maximum atomic E-state index is 13.8. The van der Waals surface area contributed by atoms with Crippen LogP contribution in [0.15, 0.2) is 30.6 Å². The number of aromatic nitrogens is 2. The zero-order chi connectivity index (χ0) is 15.5. The minimum absolute atomic E-state index is 0.128. The Morgan fingerprint density at radius 2 is 2.00 bits per heavy atom. The van der Waals surface area contributed by atoms with Crippen LogP contribution in [-0.2, 0) is 0 Å². The van der Waals surface area contributed by atoms with Gasteiger partial charge >= 0.3 is 0 Å². The summed E-state index contributed by atoms with van der Waals surface area (Å²) >= 11 is 5.65. The van der Waals surface area contributed by atoms with E-state index in [1.165, 1.54) is 12.3 Å². The van der Waals surface area contributed by atoms with Gasteiger partial charge in [-0.25, -0.2) is 9.37 Å². The molecule has 0 bridgehead atoms. The van der Waals surface area contributed by atoms with E-state index in [1.807, 2.05) is 6.07 Å². The van der Waals surface area contributed by atoms with E-state index in [9.17, 15) is 4.39 Å². The van der Waals surface area contributed by atoms with Crippen LogP contribution in [0.25, 0.3) is 11.3 Å². The maximum absolute atomic E-state index is 13.8. The van der Waals surface area contributed by atoms with Gasteiger partial charge in [-0.05, 0) is 32.0 Å². The van der Waals surface area contributed by atoms with E-state index < -0.39 is 5.82 Å². The highest BCUT2D eigenvalue weighted by molar-refractivity contribution is 6.29. The zero-order valence-corrected chi connectivity index (χ0v) is 13.1. The summed E-state index contributed by atoms with van der Waals surface area (Å²) in [5, 5.41) is 0.128. The number of likely N-dealkylation sites (tertiary alicyclic amines) is 1. The van der Waals surface area contributed by atoms with Crippen molar-refractivity contribution in [1.29, 1.82) is 0 Å². The van der Waals surface area contributed by atoms with Gasteiger partial charge in [0, 0.05) is 25.4 Å². The van der Waals surface area contributed by atoms with Gasteiger partial charge in [-0.1, -0.05) is 11.6 Å². The molecule has 1 aliphatic heterocycles. The van der Waals surface area contributed by atoms with Crippen molar-refractivity contribution >= 4 is 11.6 Å². The van der Waals surface area contributed by atoms with E-state index in [2.05, 4.69) is 21.9 Å². The first-order valence-corrected chi connectivity index (χ1v) is 7.62. The Balaban J connectivity index is 1.70. The molecular formula is C16H17ClFN3O. The fraction of sp³-hybridized carbons (Fsp3) is 0.375. The molecule has 1 saturated heterocycles. The fourth-order valence-corrected chi connectivity index (χ4v) is 2.65. The monoisotopic (exact) mass is 321 g/mol. The van der Waals surface area contributed by atoms with Crippen LogP contribution >= 0.6 is 11.6 Å². The first-order valence-electron chi connectivity index (χ1n) is 7.24. The lowest BCUT2D eigenvalue weighted by atomic mass is 10.1. The summed E-state index contributed by atoms with van der Waals surface area (Å²) in [5.74, 6) is 0.275. The van der Waals surface area contributed by atoms with Gasteiger partial charge in [0.25, 0.3) is 0 Å². The molecule has 3 heterocycles. The van der Waals surface area contributed by atoms with Crippen molar-refractivity contribution in [2.45, 2.75) is 18.9 Å². The lowest BCUT2D eigenvalue weighted by Crippen LogP contribution is -2.35. The zero-order valence-electron chi connectivity index (χ0n) is 12.3. The minimum Gasteiger partial charge on any atom is -0.489 e. The molecule has 0 spiro atoms. The van der Waals surface area contributed by atoms with E-state index in [-0.39, 0.29) is 11.3 Å². The number of piperidine rings is 1. The normalized spacial score (nSPS) is 16.7. The number of halogens is 2. The van der Waals surface area contributed by atoms with Crippen LogP contribution in [0.4, 0.5) is 4.39 Å². The third kappa shape index (κ3) is 3.54. The van der Waals surface area contributed by atoms with E-state index in [4.69, 9.17) is 16.3 Å². The van der Waals surface area contributed by atoms with Crippen LogP contribution in [0.1, 0.15) is 12.8 Å². The summed E-state index contributed by atoms with van der Waals surface area (Å²) in [5.41, 5.74) is 0.840.